The molecule has 0 radical (unpaired) electrons. The number of fused-ring (bicyclic) bond motifs is 1. The van der Waals surface area contributed by atoms with E-state index in [9.17, 15) is 9.59 Å². The third kappa shape index (κ3) is 4.35. The zero-order valence-electron chi connectivity index (χ0n) is 17.1. The monoisotopic (exact) mass is 383 g/mol. The number of hydrogen-bond acceptors (Lipinski definition) is 3. The van der Waals surface area contributed by atoms with Gasteiger partial charge in [-0.3, -0.25) is 9.48 Å². The van der Waals surface area contributed by atoms with E-state index in [1.165, 1.54) is 0 Å². The predicted octanol–water partition coefficient (Wildman–Crippen LogP) is 2.44. The van der Waals surface area contributed by atoms with Crippen LogP contribution in [0.25, 0.3) is 0 Å². The summed E-state index contributed by atoms with van der Waals surface area (Å²) in [4.78, 5) is 28.4. The van der Waals surface area contributed by atoms with Gasteiger partial charge in [-0.1, -0.05) is 44.2 Å². The summed E-state index contributed by atoms with van der Waals surface area (Å²) < 4.78 is 1.93. The standard InChI is InChI=1S/C21H29N5O2/c1-15(2)19(16-8-6-5-7-9-16)20(27)22-13-17-12-18-14-25(21(28)24(3)4)10-11-26(18)23-17/h5-9,12,15,19H,10-11,13-14H2,1-4H3,(H,22,27)/t19-/m0/s1. The van der Waals surface area contributed by atoms with Crippen molar-refractivity contribution in [3.8, 4) is 0 Å². The van der Waals surface area contributed by atoms with Gasteiger partial charge in [0.25, 0.3) is 0 Å². The van der Waals surface area contributed by atoms with Crippen LogP contribution in [-0.4, -0.2) is 52.2 Å². The van der Waals surface area contributed by atoms with Crippen molar-refractivity contribution in [3.63, 3.8) is 0 Å². The Kier molecular flexibility index (Phi) is 6.02. The van der Waals surface area contributed by atoms with Crippen molar-refractivity contribution < 1.29 is 9.59 Å². The molecule has 0 saturated carbocycles. The van der Waals surface area contributed by atoms with Gasteiger partial charge in [0.1, 0.15) is 0 Å². The van der Waals surface area contributed by atoms with Crippen molar-refractivity contribution in [3.05, 3.63) is 53.3 Å². The summed E-state index contributed by atoms with van der Waals surface area (Å²) in [5, 5.41) is 7.63. The number of amides is 3. The molecule has 1 N–H and O–H groups in total. The highest BCUT2D eigenvalue weighted by atomic mass is 16.2. The normalized spacial score (nSPS) is 14.5. The first-order valence-corrected chi connectivity index (χ1v) is 9.71. The van der Waals surface area contributed by atoms with Crippen molar-refractivity contribution in [2.24, 2.45) is 5.92 Å². The van der Waals surface area contributed by atoms with Gasteiger partial charge in [-0.15, -0.1) is 0 Å². The number of rotatable bonds is 5. The van der Waals surface area contributed by atoms with Crippen molar-refractivity contribution >= 4 is 11.9 Å². The number of benzene rings is 1. The summed E-state index contributed by atoms with van der Waals surface area (Å²) in [7, 11) is 3.51. The van der Waals surface area contributed by atoms with Crippen LogP contribution in [-0.2, 0) is 24.4 Å². The Labute approximate surface area is 166 Å². The Bertz CT molecular complexity index is 829. The lowest BCUT2D eigenvalue weighted by Crippen LogP contribution is -2.43. The first kappa shape index (κ1) is 19.9. The quantitative estimate of drug-likeness (QED) is 0.862. The molecule has 0 aliphatic carbocycles. The minimum atomic E-state index is -0.188. The van der Waals surface area contributed by atoms with E-state index in [2.05, 4.69) is 24.3 Å². The van der Waals surface area contributed by atoms with Crippen LogP contribution in [0.4, 0.5) is 4.79 Å². The molecule has 150 valence electrons. The van der Waals surface area contributed by atoms with Crippen LogP contribution in [0.1, 0.15) is 36.7 Å². The molecular formula is C21H29N5O2. The molecule has 1 atom stereocenters. The first-order valence-electron chi connectivity index (χ1n) is 9.71. The van der Waals surface area contributed by atoms with Gasteiger partial charge in [0, 0.05) is 20.6 Å². The zero-order chi connectivity index (χ0) is 20.3. The fraction of sp³-hybridized carbons (Fsp3) is 0.476. The Morgan fingerprint density at radius 1 is 1.18 bits per heavy atom. The highest BCUT2D eigenvalue weighted by Gasteiger charge is 2.25. The van der Waals surface area contributed by atoms with Crippen LogP contribution in [0.5, 0.6) is 0 Å². The van der Waals surface area contributed by atoms with Crippen molar-refractivity contribution in [2.45, 2.75) is 39.4 Å². The third-order valence-corrected chi connectivity index (χ3v) is 5.05. The van der Waals surface area contributed by atoms with Gasteiger partial charge in [-0.25, -0.2) is 4.79 Å². The maximum absolute atomic E-state index is 12.8. The molecule has 3 rings (SSSR count). The minimum absolute atomic E-state index is 0.00457. The molecule has 1 aliphatic rings. The van der Waals surface area contributed by atoms with E-state index < -0.39 is 0 Å². The van der Waals surface area contributed by atoms with Gasteiger partial charge in [0.2, 0.25) is 5.91 Å². The third-order valence-electron chi connectivity index (χ3n) is 5.05. The second-order valence-corrected chi connectivity index (χ2v) is 7.80. The molecule has 2 heterocycles. The van der Waals surface area contributed by atoms with Gasteiger partial charge in [-0.2, -0.15) is 5.10 Å². The Morgan fingerprint density at radius 3 is 2.54 bits per heavy atom. The fourth-order valence-electron chi connectivity index (χ4n) is 3.65. The lowest BCUT2D eigenvalue weighted by Gasteiger charge is -2.29. The summed E-state index contributed by atoms with van der Waals surface area (Å²) in [5.41, 5.74) is 2.84. The molecule has 1 aromatic carbocycles. The lowest BCUT2D eigenvalue weighted by atomic mass is 9.87. The van der Waals surface area contributed by atoms with E-state index in [-0.39, 0.29) is 23.8 Å². The number of carbonyl (C=O) groups excluding carboxylic acids is 2. The topological polar surface area (TPSA) is 70.5 Å². The largest absolute Gasteiger partial charge is 0.350 e. The molecule has 0 bridgehead atoms. The average Bonchev–Trinajstić information content (AvgIpc) is 3.08. The number of hydrogen-bond donors (Lipinski definition) is 1. The smallest absolute Gasteiger partial charge is 0.319 e. The number of aromatic nitrogens is 2. The maximum Gasteiger partial charge on any atom is 0.319 e. The van der Waals surface area contributed by atoms with Crippen LogP contribution in [0, 0.1) is 5.92 Å². The summed E-state index contributed by atoms with van der Waals surface area (Å²) >= 11 is 0. The van der Waals surface area contributed by atoms with Crippen LogP contribution < -0.4 is 5.32 Å². The van der Waals surface area contributed by atoms with E-state index >= 15 is 0 Å². The van der Waals surface area contributed by atoms with Gasteiger partial charge in [0.05, 0.1) is 36.9 Å². The first-order chi connectivity index (χ1) is 13.4. The van der Waals surface area contributed by atoms with E-state index in [4.69, 9.17) is 0 Å². The summed E-state index contributed by atoms with van der Waals surface area (Å²) in [6.45, 7) is 6.35. The molecule has 7 nitrogen and oxygen atoms in total. The van der Waals surface area contributed by atoms with Crippen LogP contribution in [0.3, 0.4) is 0 Å². The molecule has 0 fully saturated rings. The molecular weight excluding hydrogens is 354 g/mol. The molecule has 0 unspecified atom stereocenters. The van der Waals surface area contributed by atoms with Crippen molar-refractivity contribution in [1.29, 1.82) is 0 Å². The van der Waals surface area contributed by atoms with E-state index in [1.807, 2.05) is 46.0 Å². The van der Waals surface area contributed by atoms with Crippen LogP contribution in [0.15, 0.2) is 36.4 Å². The lowest BCUT2D eigenvalue weighted by molar-refractivity contribution is -0.123. The second kappa shape index (κ2) is 8.46. The van der Waals surface area contributed by atoms with E-state index in [0.717, 1.165) is 17.0 Å². The van der Waals surface area contributed by atoms with E-state index in [0.29, 0.717) is 26.2 Å². The predicted molar refractivity (Wildman–Crippen MR) is 108 cm³/mol. The highest BCUT2D eigenvalue weighted by Crippen LogP contribution is 2.24. The fourth-order valence-corrected chi connectivity index (χ4v) is 3.65. The van der Waals surface area contributed by atoms with E-state index in [1.54, 1.807) is 19.0 Å². The zero-order valence-corrected chi connectivity index (χ0v) is 17.1. The summed E-state index contributed by atoms with van der Waals surface area (Å²) in [6.07, 6.45) is 0. The Morgan fingerprint density at radius 2 is 1.89 bits per heavy atom. The second-order valence-electron chi connectivity index (χ2n) is 7.80. The molecule has 0 spiro atoms. The molecule has 2 aromatic rings. The number of nitrogens with zero attached hydrogens (tertiary/aromatic N) is 4. The molecule has 0 saturated heterocycles. The van der Waals surface area contributed by atoms with Crippen LogP contribution >= 0.6 is 0 Å². The molecule has 7 heteroatoms. The Balaban J connectivity index is 1.64. The Hall–Kier alpha value is -2.83. The summed E-state index contributed by atoms with van der Waals surface area (Å²) in [6, 6.07) is 11.8. The number of urea groups is 1. The molecule has 3 amide bonds. The molecule has 1 aliphatic heterocycles. The molecule has 1 aromatic heterocycles. The maximum atomic E-state index is 12.8. The van der Waals surface area contributed by atoms with Gasteiger partial charge >= 0.3 is 6.03 Å². The summed E-state index contributed by atoms with van der Waals surface area (Å²) in [5.74, 6) is 0.0198. The number of nitrogens with one attached hydrogen (secondary N) is 1. The van der Waals surface area contributed by atoms with Crippen molar-refractivity contribution in [1.82, 2.24) is 24.9 Å². The van der Waals surface area contributed by atoms with Crippen LogP contribution in [0.2, 0.25) is 0 Å². The van der Waals surface area contributed by atoms with Gasteiger partial charge < -0.3 is 15.1 Å². The SMILES string of the molecule is CC(C)[C@H](C(=O)NCc1cc2n(n1)CCN(C(=O)N(C)C)C2)c1ccccc1. The van der Waals surface area contributed by atoms with Crippen molar-refractivity contribution in [2.75, 3.05) is 20.6 Å². The highest BCUT2D eigenvalue weighted by molar-refractivity contribution is 5.83. The van der Waals surface area contributed by atoms with Gasteiger partial charge in [-0.05, 0) is 17.5 Å². The minimum Gasteiger partial charge on any atom is -0.350 e. The molecule has 28 heavy (non-hydrogen) atoms. The average molecular weight is 383 g/mol. The van der Waals surface area contributed by atoms with Gasteiger partial charge in [0.15, 0.2) is 0 Å². The number of carbonyl (C=O) groups is 2.